The van der Waals surface area contributed by atoms with Crippen LogP contribution in [0.4, 0.5) is 0 Å². The zero-order valence-electron chi connectivity index (χ0n) is 13.6. The molecule has 1 saturated heterocycles. The summed E-state index contributed by atoms with van der Waals surface area (Å²) in [4.78, 5) is 2.42. The number of hydrogen-bond donors (Lipinski definition) is 1. The van der Waals surface area contributed by atoms with Gasteiger partial charge in [-0.1, -0.05) is 18.2 Å². The lowest BCUT2D eigenvalue weighted by molar-refractivity contribution is 0.216. The molecule has 1 fully saturated rings. The highest BCUT2D eigenvalue weighted by Gasteiger charge is 2.15. The standard InChI is InChI=1S/C19H26N2O/c1-21-9-7-15(8-10-21)13-20-14-16-3-4-18-12-19(22-2)6-5-17(18)11-16/h3-6,11-12,15,20H,7-10,13-14H2,1-2H3. The van der Waals surface area contributed by atoms with Gasteiger partial charge in [0, 0.05) is 6.54 Å². The van der Waals surface area contributed by atoms with E-state index < -0.39 is 0 Å². The van der Waals surface area contributed by atoms with E-state index in [-0.39, 0.29) is 0 Å². The number of nitrogens with one attached hydrogen (secondary N) is 1. The van der Waals surface area contributed by atoms with Gasteiger partial charge in [-0.15, -0.1) is 0 Å². The van der Waals surface area contributed by atoms with Gasteiger partial charge in [-0.25, -0.2) is 0 Å². The number of benzene rings is 2. The lowest BCUT2D eigenvalue weighted by Gasteiger charge is -2.29. The van der Waals surface area contributed by atoms with Crippen molar-refractivity contribution in [3.63, 3.8) is 0 Å². The number of methoxy groups -OCH3 is 1. The van der Waals surface area contributed by atoms with Crippen molar-refractivity contribution in [3.8, 4) is 5.75 Å². The molecule has 0 amide bonds. The van der Waals surface area contributed by atoms with E-state index in [2.05, 4.69) is 47.6 Å². The van der Waals surface area contributed by atoms with Crippen molar-refractivity contribution in [3.05, 3.63) is 42.0 Å². The molecule has 2 aromatic rings. The van der Waals surface area contributed by atoms with Gasteiger partial charge in [-0.3, -0.25) is 0 Å². The van der Waals surface area contributed by atoms with E-state index in [9.17, 15) is 0 Å². The molecule has 0 unspecified atom stereocenters. The van der Waals surface area contributed by atoms with Crippen molar-refractivity contribution in [1.82, 2.24) is 10.2 Å². The third-order valence-electron chi connectivity index (χ3n) is 4.71. The molecule has 0 bridgehead atoms. The van der Waals surface area contributed by atoms with Gasteiger partial charge in [0.2, 0.25) is 0 Å². The van der Waals surface area contributed by atoms with Gasteiger partial charge < -0.3 is 15.0 Å². The van der Waals surface area contributed by atoms with E-state index in [1.807, 2.05) is 6.07 Å². The zero-order chi connectivity index (χ0) is 15.4. The minimum absolute atomic E-state index is 0.834. The molecule has 0 aliphatic carbocycles. The van der Waals surface area contributed by atoms with Crippen LogP contribution in [0.5, 0.6) is 5.75 Å². The summed E-state index contributed by atoms with van der Waals surface area (Å²) in [5.41, 5.74) is 1.35. The third kappa shape index (κ3) is 3.79. The molecule has 118 valence electrons. The molecule has 3 rings (SSSR count). The van der Waals surface area contributed by atoms with Crippen LogP contribution in [0.25, 0.3) is 10.8 Å². The summed E-state index contributed by atoms with van der Waals surface area (Å²) < 4.78 is 5.28. The average Bonchev–Trinajstić information content (AvgIpc) is 2.56. The number of piperidine rings is 1. The molecule has 0 spiro atoms. The van der Waals surface area contributed by atoms with E-state index >= 15 is 0 Å². The van der Waals surface area contributed by atoms with Crippen molar-refractivity contribution < 1.29 is 4.74 Å². The van der Waals surface area contributed by atoms with E-state index in [1.165, 1.54) is 42.3 Å². The van der Waals surface area contributed by atoms with Gasteiger partial charge in [0.25, 0.3) is 0 Å². The minimum Gasteiger partial charge on any atom is -0.497 e. The Kier molecular flexibility index (Phi) is 4.96. The lowest BCUT2D eigenvalue weighted by atomic mass is 9.97. The fraction of sp³-hybridized carbons (Fsp3) is 0.474. The molecular formula is C19H26N2O. The van der Waals surface area contributed by atoms with Gasteiger partial charge in [0.05, 0.1) is 7.11 Å². The number of hydrogen-bond acceptors (Lipinski definition) is 3. The monoisotopic (exact) mass is 298 g/mol. The predicted octanol–water partition coefficient (Wildman–Crippen LogP) is 3.28. The van der Waals surface area contributed by atoms with Crippen molar-refractivity contribution in [2.45, 2.75) is 19.4 Å². The fourth-order valence-corrected chi connectivity index (χ4v) is 3.20. The van der Waals surface area contributed by atoms with Crippen LogP contribution in [0.2, 0.25) is 0 Å². The summed E-state index contributed by atoms with van der Waals surface area (Å²) in [5, 5.41) is 6.14. The smallest absolute Gasteiger partial charge is 0.119 e. The van der Waals surface area contributed by atoms with Crippen LogP contribution >= 0.6 is 0 Å². The second-order valence-corrected chi connectivity index (χ2v) is 6.42. The first-order chi connectivity index (χ1) is 10.7. The second kappa shape index (κ2) is 7.12. The van der Waals surface area contributed by atoms with Crippen LogP contribution in [0.3, 0.4) is 0 Å². The lowest BCUT2D eigenvalue weighted by Crippen LogP contribution is -2.34. The van der Waals surface area contributed by atoms with Crippen molar-refractivity contribution >= 4 is 10.8 Å². The molecular weight excluding hydrogens is 272 g/mol. The molecule has 0 saturated carbocycles. The van der Waals surface area contributed by atoms with Crippen LogP contribution in [-0.4, -0.2) is 38.7 Å². The number of nitrogens with zero attached hydrogens (tertiary/aromatic N) is 1. The minimum atomic E-state index is 0.834. The highest BCUT2D eigenvalue weighted by molar-refractivity contribution is 5.84. The summed E-state index contributed by atoms with van der Waals surface area (Å²) in [6, 6.07) is 12.9. The van der Waals surface area contributed by atoms with Crippen LogP contribution in [0, 0.1) is 5.92 Å². The Labute approximate surface area is 133 Å². The Hall–Kier alpha value is -1.58. The van der Waals surface area contributed by atoms with Gasteiger partial charge in [-0.2, -0.15) is 0 Å². The first-order valence-corrected chi connectivity index (χ1v) is 8.20. The maximum atomic E-state index is 5.28. The summed E-state index contributed by atoms with van der Waals surface area (Å²) in [6.07, 6.45) is 2.64. The molecule has 1 aliphatic rings. The van der Waals surface area contributed by atoms with Crippen LogP contribution in [0.15, 0.2) is 36.4 Å². The largest absolute Gasteiger partial charge is 0.497 e. The fourth-order valence-electron chi connectivity index (χ4n) is 3.20. The molecule has 1 aliphatic heterocycles. The Morgan fingerprint density at radius 1 is 1.09 bits per heavy atom. The maximum Gasteiger partial charge on any atom is 0.119 e. The topological polar surface area (TPSA) is 24.5 Å². The third-order valence-corrected chi connectivity index (χ3v) is 4.71. The molecule has 0 atom stereocenters. The Bertz CT molecular complexity index is 618. The highest BCUT2D eigenvalue weighted by atomic mass is 16.5. The van der Waals surface area contributed by atoms with E-state index in [0.29, 0.717) is 0 Å². The summed E-state index contributed by atoms with van der Waals surface area (Å²) >= 11 is 0. The Morgan fingerprint density at radius 3 is 2.59 bits per heavy atom. The molecule has 3 heteroatoms. The molecule has 1 N–H and O–H groups in total. The Morgan fingerprint density at radius 2 is 1.82 bits per heavy atom. The highest BCUT2D eigenvalue weighted by Crippen LogP contribution is 2.22. The summed E-state index contributed by atoms with van der Waals surface area (Å²) in [6.45, 7) is 4.57. The molecule has 0 aromatic heterocycles. The molecule has 22 heavy (non-hydrogen) atoms. The molecule has 1 heterocycles. The van der Waals surface area contributed by atoms with Gasteiger partial charge >= 0.3 is 0 Å². The van der Waals surface area contributed by atoms with Crippen molar-refractivity contribution in [2.75, 3.05) is 33.8 Å². The molecule has 2 aromatic carbocycles. The van der Waals surface area contributed by atoms with Crippen molar-refractivity contribution in [1.29, 1.82) is 0 Å². The first-order valence-electron chi connectivity index (χ1n) is 8.20. The molecule has 0 radical (unpaired) electrons. The number of ether oxygens (including phenoxy) is 1. The van der Waals surface area contributed by atoms with Crippen LogP contribution < -0.4 is 10.1 Å². The summed E-state index contributed by atoms with van der Waals surface area (Å²) in [7, 11) is 3.93. The number of likely N-dealkylation sites (tertiary alicyclic amines) is 1. The second-order valence-electron chi connectivity index (χ2n) is 6.42. The maximum absolute atomic E-state index is 5.28. The number of fused-ring (bicyclic) bond motifs is 1. The van der Waals surface area contributed by atoms with Crippen LogP contribution in [0.1, 0.15) is 18.4 Å². The SMILES string of the molecule is COc1ccc2cc(CNCC3CCN(C)CC3)ccc2c1. The zero-order valence-corrected chi connectivity index (χ0v) is 13.6. The normalized spacial score (nSPS) is 17.0. The Balaban J connectivity index is 1.55. The quantitative estimate of drug-likeness (QED) is 0.917. The average molecular weight is 298 g/mol. The number of rotatable bonds is 5. The molecule has 3 nitrogen and oxygen atoms in total. The first kappa shape index (κ1) is 15.3. The van der Waals surface area contributed by atoms with Crippen LogP contribution in [-0.2, 0) is 6.54 Å². The van der Waals surface area contributed by atoms with Crippen molar-refractivity contribution in [2.24, 2.45) is 5.92 Å². The predicted molar refractivity (Wildman–Crippen MR) is 92.4 cm³/mol. The van der Waals surface area contributed by atoms with Gasteiger partial charge in [-0.05, 0) is 80.0 Å². The van der Waals surface area contributed by atoms with E-state index in [4.69, 9.17) is 4.74 Å². The summed E-state index contributed by atoms with van der Waals surface area (Å²) in [5.74, 6) is 1.75. The van der Waals surface area contributed by atoms with Gasteiger partial charge in [0.15, 0.2) is 0 Å². The van der Waals surface area contributed by atoms with E-state index in [1.54, 1.807) is 7.11 Å². The van der Waals surface area contributed by atoms with Gasteiger partial charge in [0.1, 0.15) is 5.75 Å². The van der Waals surface area contributed by atoms with E-state index in [0.717, 1.165) is 24.8 Å².